The quantitative estimate of drug-likeness (QED) is 0.268. The van der Waals surface area contributed by atoms with Gasteiger partial charge in [-0.25, -0.2) is 9.97 Å². The molecule has 0 radical (unpaired) electrons. The zero-order chi connectivity index (χ0) is 24.8. The molecule has 0 aromatic carbocycles. The molecule has 0 aliphatic carbocycles. The molecule has 4 heterocycles. The van der Waals surface area contributed by atoms with Gasteiger partial charge < -0.3 is 14.0 Å². The number of aryl methyl sites for hydroxylation is 3. The number of hydrogen-bond donors (Lipinski definition) is 0. The van der Waals surface area contributed by atoms with Gasteiger partial charge in [0.1, 0.15) is 5.65 Å². The number of halogens is 1. The third kappa shape index (κ3) is 6.29. The van der Waals surface area contributed by atoms with Gasteiger partial charge in [-0.15, -0.1) is 0 Å². The molecule has 6 nitrogen and oxygen atoms in total. The molecule has 3 aromatic heterocycles. The van der Waals surface area contributed by atoms with Crippen LogP contribution in [0.25, 0.3) is 5.65 Å². The summed E-state index contributed by atoms with van der Waals surface area (Å²) in [6, 6.07) is 6.02. The molecule has 1 saturated heterocycles. The van der Waals surface area contributed by atoms with Crippen LogP contribution in [0, 0.1) is 26.7 Å². The molecular formula is C27H37IN4O2. The third-order valence-electron chi connectivity index (χ3n) is 6.22. The van der Waals surface area contributed by atoms with E-state index in [0.29, 0.717) is 24.0 Å². The number of amides is 1. The molecule has 1 atom stereocenters. The maximum absolute atomic E-state index is 13.6. The Balaban J connectivity index is 0.00000158. The van der Waals surface area contributed by atoms with Crippen molar-refractivity contribution >= 4 is 34.1 Å². The first-order chi connectivity index (χ1) is 16.3. The predicted molar refractivity (Wildman–Crippen MR) is 146 cm³/mol. The van der Waals surface area contributed by atoms with Crippen LogP contribution in [-0.4, -0.2) is 49.3 Å². The van der Waals surface area contributed by atoms with Crippen molar-refractivity contribution in [3.05, 3.63) is 58.8 Å². The molecule has 34 heavy (non-hydrogen) atoms. The largest absolute Gasteiger partial charge is 0.491 e. The number of alkyl halides is 1. The van der Waals surface area contributed by atoms with Gasteiger partial charge in [-0.1, -0.05) is 36.4 Å². The van der Waals surface area contributed by atoms with Crippen molar-refractivity contribution in [2.75, 3.05) is 18.1 Å². The van der Waals surface area contributed by atoms with Crippen LogP contribution in [0.4, 0.5) is 0 Å². The lowest BCUT2D eigenvalue weighted by Crippen LogP contribution is -2.45. The van der Waals surface area contributed by atoms with Crippen LogP contribution >= 0.6 is 22.6 Å². The minimum Gasteiger partial charge on any atom is -0.491 e. The summed E-state index contributed by atoms with van der Waals surface area (Å²) in [4.78, 5) is 27.0. The highest BCUT2D eigenvalue weighted by Crippen LogP contribution is 2.26. The Morgan fingerprint density at radius 2 is 1.88 bits per heavy atom. The summed E-state index contributed by atoms with van der Waals surface area (Å²) in [6.07, 6.45) is 8.09. The van der Waals surface area contributed by atoms with E-state index < -0.39 is 0 Å². The fraction of sp³-hybridized carbons (Fsp3) is 0.519. The number of rotatable bonds is 6. The van der Waals surface area contributed by atoms with Crippen molar-refractivity contribution in [3.63, 3.8) is 0 Å². The number of ether oxygens (including phenoxy) is 1. The number of hydrogen-bond acceptors (Lipinski definition) is 4. The van der Waals surface area contributed by atoms with E-state index in [9.17, 15) is 4.79 Å². The predicted octanol–water partition coefficient (Wildman–Crippen LogP) is 5.98. The summed E-state index contributed by atoms with van der Waals surface area (Å²) in [6.45, 7) is 11.6. The molecule has 0 spiro atoms. The number of piperidine rings is 1. The van der Waals surface area contributed by atoms with E-state index in [1.54, 1.807) is 0 Å². The molecule has 1 amide bonds. The molecule has 0 N–H and O–H groups in total. The van der Waals surface area contributed by atoms with E-state index in [-0.39, 0.29) is 11.9 Å². The molecule has 0 saturated carbocycles. The number of likely N-dealkylation sites (tertiary alicyclic amines) is 1. The van der Waals surface area contributed by atoms with Gasteiger partial charge in [0.2, 0.25) is 0 Å². The first-order valence-electron chi connectivity index (χ1n) is 12.1. The van der Waals surface area contributed by atoms with Crippen molar-refractivity contribution in [1.82, 2.24) is 19.3 Å². The number of pyridine rings is 2. The maximum Gasteiger partial charge on any atom is 0.276 e. The van der Waals surface area contributed by atoms with Crippen molar-refractivity contribution in [3.8, 4) is 5.75 Å². The van der Waals surface area contributed by atoms with Gasteiger partial charge >= 0.3 is 0 Å². The molecule has 1 fully saturated rings. The Hall–Kier alpha value is -2.16. The Kier molecular flexibility index (Phi) is 9.33. The molecule has 7 heteroatoms. The van der Waals surface area contributed by atoms with Crippen LogP contribution in [0.1, 0.15) is 66.1 Å². The Labute approximate surface area is 217 Å². The van der Waals surface area contributed by atoms with E-state index in [2.05, 4.69) is 78.1 Å². The first-order valence-corrected chi connectivity index (χ1v) is 14.2. The first kappa shape index (κ1) is 26.4. The molecular weight excluding hydrogens is 539 g/mol. The highest BCUT2D eigenvalue weighted by atomic mass is 127. The summed E-state index contributed by atoms with van der Waals surface area (Å²) >= 11 is 2.15. The van der Waals surface area contributed by atoms with Gasteiger partial charge in [-0.05, 0) is 80.2 Å². The number of fused-ring (bicyclic) bond motifs is 1. The lowest BCUT2D eigenvalue weighted by molar-refractivity contribution is 0.0600. The van der Waals surface area contributed by atoms with Crippen LogP contribution in [-0.2, 0) is 6.42 Å². The normalized spacial score (nSPS) is 15.9. The van der Waals surface area contributed by atoms with Crippen LogP contribution in [0.3, 0.4) is 0 Å². The number of carbonyl (C=O) groups excluding carboxylic acids is 1. The van der Waals surface area contributed by atoms with Crippen LogP contribution in [0.15, 0.2) is 30.6 Å². The monoisotopic (exact) mass is 576 g/mol. The summed E-state index contributed by atoms with van der Waals surface area (Å²) in [5.41, 5.74) is 5.72. The molecule has 184 valence electrons. The van der Waals surface area contributed by atoms with Gasteiger partial charge in [0.25, 0.3) is 5.91 Å². The van der Waals surface area contributed by atoms with E-state index in [0.717, 1.165) is 49.3 Å². The van der Waals surface area contributed by atoms with Crippen molar-refractivity contribution < 1.29 is 9.53 Å². The lowest BCUT2D eigenvalue weighted by Gasteiger charge is -2.35. The van der Waals surface area contributed by atoms with E-state index in [1.807, 2.05) is 28.9 Å². The average molecular weight is 577 g/mol. The zero-order valence-electron chi connectivity index (χ0n) is 21.3. The van der Waals surface area contributed by atoms with Crippen LogP contribution in [0.5, 0.6) is 5.75 Å². The van der Waals surface area contributed by atoms with Gasteiger partial charge in [-0.3, -0.25) is 4.79 Å². The van der Waals surface area contributed by atoms with Crippen LogP contribution in [0.2, 0.25) is 0 Å². The Bertz CT molecular complexity index is 1090. The zero-order valence-corrected chi connectivity index (χ0v) is 23.4. The van der Waals surface area contributed by atoms with E-state index in [1.165, 1.54) is 11.1 Å². The highest BCUT2D eigenvalue weighted by molar-refractivity contribution is 14.1. The number of imidazole rings is 1. The van der Waals surface area contributed by atoms with E-state index >= 15 is 0 Å². The number of aromatic nitrogens is 3. The Morgan fingerprint density at radius 3 is 2.62 bits per heavy atom. The summed E-state index contributed by atoms with van der Waals surface area (Å²) in [5.74, 6) is 0.925. The third-order valence-corrected chi connectivity index (χ3v) is 6.22. The molecule has 0 bridgehead atoms. The minimum atomic E-state index is -0.0346. The smallest absolute Gasteiger partial charge is 0.276 e. The summed E-state index contributed by atoms with van der Waals surface area (Å²) in [7, 11) is 0. The second-order valence-corrected chi connectivity index (χ2v) is 9.49. The Morgan fingerprint density at radius 1 is 1.12 bits per heavy atom. The van der Waals surface area contributed by atoms with Crippen LogP contribution < -0.4 is 4.74 Å². The summed E-state index contributed by atoms with van der Waals surface area (Å²) in [5, 5.41) is 0. The molecule has 0 unspecified atom stereocenters. The van der Waals surface area contributed by atoms with Crippen molar-refractivity contribution in [2.24, 2.45) is 5.92 Å². The van der Waals surface area contributed by atoms with E-state index in [4.69, 9.17) is 9.72 Å². The molecule has 1 aliphatic heterocycles. The summed E-state index contributed by atoms with van der Waals surface area (Å²) < 4.78 is 8.05. The second-order valence-electron chi connectivity index (χ2n) is 9.49. The molecule has 3 aromatic rings. The minimum absolute atomic E-state index is 0.0346. The SMILES string of the molecule is CI.Cc1ccc(OCC(C)C)c(C(=O)N2CCCC[C@H]2Cc2cn3cc(C)c(C)cc3n2)n1. The van der Waals surface area contributed by atoms with Gasteiger partial charge in [0, 0.05) is 37.1 Å². The van der Waals surface area contributed by atoms with Gasteiger partial charge in [0.15, 0.2) is 11.4 Å². The number of nitrogens with zero attached hydrogens (tertiary/aromatic N) is 4. The van der Waals surface area contributed by atoms with Gasteiger partial charge in [0.05, 0.1) is 12.3 Å². The standard InChI is InChI=1S/C26H34N4O2.CH3I/c1-17(2)16-32-23-10-9-20(5)27-25(23)26(31)30-11-7-6-8-22(30)13-21-15-29-14-19(4)18(3)12-24(29)28-21;1-2/h9-10,12,14-15,17,22H,6-8,11,13,16H2,1-5H3;1H3/t22-;/m0./s1. The van der Waals surface area contributed by atoms with Crippen molar-refractivity contribution in [2.45, 2.75) is 66.3 Å². The molecule has 1 aliphatic rings. The maximum atomic E-state index is 13.6. The topological polar surface area (TPSA) is 59.7 Å². The lowest BCUT2D eigenvalue weighted by atomic mass is 9.97. The number of carbonyl (C=O) groups is 1. The fourth-order valence-corrected chi connectivity index (χ4v) is 4.31. The second kappa shape index (κ2) is 12.0. The van der Waals surface area contributed by atoms with Gasteiger partial charge in [-0.2, -0.15) is 0 Å². The highest BCUT2D eigenvalue weighted by Gasteiger charge is 2.31. The molecule has 4 rings (SSSR count). The van der Waals surface area contributed by atoms with Crippen molar-refractivity contribution in [1.29, 1.82) is 0 Å². The fourth-order valence-electron chi connectivity index (χ4n) is 4.31. The average Bonchev–Trinajstić information content (AvgIpc) is 3.20.